The summed E-state index contributed by atoms with van der Waals surface area (Å²) in [6.45, 7) is 32.2. The number of rotatable bonds is 22. The van der Waals surface area contributed by atoms with Crippen LogP contribution in [-0.2, 0) is 18.7 Å². The van der Waals surface area contributed by atoms with Gasteiger partial charge in [0.05, 0.1) is 96.8 Å². The topological polar surface area (TPSA) is 188 Å². The minimum atomic E-state index is -3.68. The predicted octanol–water partition coefficient (Wildman–Crippen LogP) is 13.9. The highest BCUT2D eigenvalue weighted by molar-refractivity contribution is 7.86. The van der Waals surface area contributed by atoms with Crippen molar-refractivity contribution in [2.24, 2.45) is 0 Å². The maximum Gasteiger partial charge on any atom is 0.265 e. The van der Waals surface area contributed by atoms with E-state index < -0.39 is 24.5 Å². The predicted molar refractivity (Wildman–Crippen MR) is 349 cm³/mol. The summed E-state index contributed by atoms with van der Waals surface area (Å²) in [5.41, 5.74) is 7.28. The maximum atomic E-state index is 11.7. The van der Waals surface area contributed by atoms with Gasteiger partial charge in [-0.15, -0.1) is 0 Å². The number of piperazine rings is 2. The van der Waals surface area contributed by atoms with E-state index in [0.29, 0.717) is 79.9 Å². The van der Waals surface area contributed by atoms with Gasteiger partial charge in [-0.2, -0.15) is 8.42 Å². The third-order valence-corrected chi connectivity index (χ3v) is 22.7. The van der Waals surface area contributed by atoms with Crippen molar-refractivity contribution in [3.63, 3.8) is 0 Å². The molecule has 8 rings (SSSR count). The molecule has 86 heavy (non-hydrogen) atoms. The lowest BCUT2D eigenvalue weighted by Gasteiger charge is -2.45. The molecule has 0 aliphatic carbocycles. The molecule has 0 saturated carbocycles. The van der Waals surface area contributed by atoms with E-state index in [4.69, 9.17) is 87.8 Å². The lowest BCUT2D eigenvalue weighted by molar-refractivity contribution is 0.100. The summed E-state index contributed by atoms with van der Waals surface area (Å²) in [6, 6.07) is 33.5. The lowest BCUT2D eigenvalue weighted by Crippen LogP contribution is -2.50. The van der Waals surface area contributed by atoms with Gasteiger partial charge in [0.25, 0.3) is 10.1 Å². The van der Waals surface area contributed by atoms with Crippen molar-refractivity contribution in [2.75, 3.05) is 95.0 Å². The smallest absolute Gasteiger partial charge is 0.265 e. The summed E-state index contributed by atoms with van der Waals surface area (Å²) in [5, 5.41) is 34.2. The minimum absolute atomic E-state index is 0. The molecule has 4 atom stereocenters. The number of anilines is 2. The first-order valence-corrected chi connectivity index (χ1v) is 33.5. The lowest BCUT2D eigenvalue weighted by atomic mass is 9.99. The van der Waals surface area contributed by atoms with Gasteiger partial charge >= 0.3 is 0 Å². The van der Waals surface area contributed by atoms with Crippen LogP contribution in [0.25, 0.3) is 9.69 Å². The maximum absolute atomic E-state index is 11.7. The molecule has 464 valence electrons. The Bertz CT molecular complexity index is 3230. The van der Waals surface area contributed by atoms with Crippen molar-refractivity contribution >= 4 is 87.6 Å². The number of hydrogen-bond acceptors (Lipinski definition) is 15. The molecule has 4 N–H and O–H groups in total. The molecule has 0 unspecified atom stereocenters. The number of aromatic nitrogens is 2. The van der Waals surface area contributed by atoms with Crippen LogP contribution in [0.5, 0.6) is 11.5 Å². The zero-order chi connectivity index (χ0) is 61.8. The van der Waals surface area contributed by atoms with Crippen LogP contribution in [-0.4, -0.2) is 132 Å². The Balaban J connectivity index is 0.000000240. The van der Waals surface area contributed by atoms with Gasteiger partial charge in [-0.3, -0.25) is 19.1 Å². The van der Waals surface area contributed by atoms with E-state index in [-0.39, 0.29) is 65.2 Å². The van der Waals surface area contributed by atoms with E-state index in [1.165, 1.54) is 18.0 Å². The first-order valence-electron chi connectivity index (χ1n) is 28.0. The van der Waals surface area contributed by atoms with Gasteiger partial charge < -0.3 is 44.3 Å². The summed E-state index contributed by atoms with van der Waals surface area (Å²) in [6.07, 6.45) is 3.15. The van der Waals surface area contributed by atoms with Crippen LogP contribution in [0.1, 0.15) is 95.7 Å². The monoisotopic (exact) mass is 1290 g/mol. The SMILES string of the molecule is C.OCCOc1ccc(N2CCNC[C@H]2c2ccc(Cl)cc2)c(Cl)c1.[C-]#[N+]c1ccc([C@@H](CO)N2CCN(c3ccc(OCCO)cc3Cl)[C@H](c3ccc(Cl)cc3)C2)nc1.[C-]#[N+]c1ccc([C@H](CO[Si](C(C)C)(C(C)C)C(C)C)OS(C)(=O)=O)nc1. The Labute approximate surface area is 529 Å². The molecule has 0 spiro atoms. The highest BCUT2D eigenvalue weighted by Gasteiger charge is 2.46. The van der Waals surface area contributed by atoms with Crippen LogP contribution < -0.4 is 24.6 Å². The van der Waals surface area contributed by atoms with Crippen LogP contribution in [0.4, 0.5) is 22.7 Å². The van der Waals surface area contributed by atoms with Gasteiger partial charge in [0.1, 0.15) is 30.8 Å². The second-order valence-electron chi connectivity index (χ2n) is 21.3. The van der Waals surface area contributed by atoms with E-state index in [0.717, 1.165) is 53.5 Å². The molecule has 23 heteroatoms. The summed E-state index contributed by atoms with van der Waals surface area (Å²) in [4.78, 5) is 22.1. The van der Waals surface area contributed by atoms with Gasteiger partial charge in [0, 0.05) is 73.8 Å². The quantitative estimate of drug-likeness (QED) is 0.0285. The normalized spacial score (nSPS) is 16.2. The second kappa shape index (κ2) is 34.2. The Morgan fingerprint density at radius 1 is 0.663 bits per heavy atom. The Morgan fingerprint density at radius 3 is 1.56 bits per heavy atom. The van der Waals surface area contributed by atoms with Crippen molar-refractivity contribution in [2.45, 2.75) is 89.8 Å². The number of ether oxygens (including phenoxy) is 2. The number of halogens is 4. The third kappa shape index (κ3) is 19.5. The van der Waals surface area contributed by atoms with E-state index in [2.05, 4.69) is 93.3 Å². The van der Waals surface area contributed by atoms with Crippen LogP contribution >= 0.6 is 46.4 Å². The zero-order valence-corrected chi connectivity index (χ0v) is 53.8. The zero-order valence-electron chi connectivity index (χ0n) is 48.9. The van der Waals surface area contributed by atoms with Gasteiger partial charge in [-0.05, 0) is 88.4 Å². The Morgan fingerprint density at radius 2 is 1.14 bits per heavy atom. The summed E-state index contributed by atoms with van der Waals surface area (Å²) < 4.78 is 46.1. The first-order chi connectivity index (χ1) is 40.7. The fraction of sp³-hybridized carbons (Fsp3) is 0.429. The van der Waals surface area contributed by atoms with Gasteiger partial charge in [0.15, 0.2) is 8.32 Å². The van der Waals surface area contributed by atoms with E-state index >= 15 is 0 Å². The molecule has 6 aromatic rings. The molecule has 4 heterocycles. The molecular formula is C63H80Cl4N8O9SSi. The molecular weight excluding hydrogens is 1210 g/mol. The van der Waals surface area contributed by atoms with Crippen LogP contribution in [0, 0.1) is 13.1 Å². The third-order valence-electron chi connectivity index (χ3n) is 14.9. The van der Waals surface area contributed by atoms with Crippen molar-refractivity contribution in [3.8, 4) is 11.5 Å². The number of nitrogens with zero attached hydrogens (tertiary/aromatic N) is 7. The van der Waals surface area contributed by atoms with E-state index in [9.17, 15) is 13.5 Å². The molecule has 4 aromatic carbocycles. The number of aliphatic hydroxyl groups is 3. The highest BCUT2D eigenvalue weighted by atomic mass is 35.5. The average Bonchev–Trinajstić information content (AvgIpc) is 0.979. The minimum Gasteiger partial charge on any atom is -0.491 e. The molecule has 0 amide bonds. The second-order valence-corrected chi connectivity index (χ2v) is 30.1. The van der Waals surface area contributed by atoms with Crippen molar-refractivity contribution in [1.29, 1.82) is 0 Å². The number of benzene rings is 4. The Hall–Kier alpha value is -5.59. The summed E-state index contributed by atoms with van der Waals surface area (Å²) >= 11 is 25.3. The van der Waals surface area contributed by atoms with Gasteiger partial charge in [-0.1, -0.05) is 132 Å². The van der Waals surface area contributed by atoms with Crippen LogP contribution in [0.2, 0.25) is 36.7 Å². The fourth-order valence-corrected chi connectivity index (χ4v) is 17.9. The molecule has 2 fully saturated rings. The molecule has 17 nitrogen and oxygen atoms in total. The summed E-state index contributed by atoms with van der Waals surface area (Å²) in [7, 11) is -5.85. The Kier molecular flexibility index (Phi) is 28.3. The average molecular weight is 1300 g/mol. The first kappa shape index (κ1) is 71.2. The molecule has 2 saturated heterocycles. The van der Waals surface area contributed by atoms with Crippen molar-refractivity contribution in [3.05, 3.63) is 187 Å². The highest BCUT2D eigenvalue weighted by Crippen LogP contribution is 2.44. The van der Waals surface area contributed by atoms with Gasteiger partial charge in [0.2, 0.25) is 11.4 Å². The van der Waals surface area contributed by atoms with Crippen LogP contribution in [0.3, 0.4) is 0 Å². The number of nitrogens with one attached hydrogen (secondary N) is 1. The number of aliphatic hydroxyl groups excluding tert-OH is 3. The van der Waals surface area contributed by atoms with E-state index in [1.54, 1.807) is 36.4 Å². The van der Waals surface area contributed by atoms with Gasteiger partial charge in [-0.25, -0.2) is 9.69 Å². The molecule has 2 aliphatic heterocycles. The fourth-order valence-electron chi connectivity index (χ4n) is 11.1. The van der Waals surface area contributed by atoms with E-state index in [1.807, 2.05) is 60.7 Å². The standard InChI is InChI=1S/C26H26Cl2N4O3.C18H20Cl2N2O2.C18H30N2O4SSi.CH4/c1-29-20-6-8-23(30-15-20)26(17-34)31-10-11-32(25(16-31)18-2-4-19(27)5-3-18)24-9-7-21(14-22(24)28)35-13-12-33;19-14-3-1-13(2-4-14)18-12-21-7-8-22(18)17-6-5-15(11-16(17)20)24-10-9-23;1-13(2)26(14(3)4,15(5)6)23-12-18(24-25(8,21)22)17-10-9-16(19-7)11-20-17;/h2-9,14-15,25-26,33-34H,10-13,16-17H2;1-6,11,18,21,23H,7-10,12H2;9-11,13-15,18H,12H2,1-6,8H3;1H4/t25-,26+;2*18-;/m000./s1. The van der Waals surface area contributed by atoms with Crippen molar-refractivity contribution in [1.82, 2.24) is 20.2 Å². The number of hydrogen-bond donors (Lipinski definition) is 4. The summed E-state index contributed by atoms with van der Waals surface area (Å²) in [5.74, 6) is 1.26. The molecule has 0 bridgehead atoms. The molecule has 0 radical (unpaired) electrons. The number of pyridine rings is 2. The van der Waals surface area contributed by atoms with Crippen LogP contribution in [0.15, 0.2) is 122 Å². The molecule has 2 aromatic heterocycles. The molecule has 2 aliphatic rings. The van der Waals surface area contributed by atoms with Crippen molar-refractivity contribution < 1.29 is 41.8 Å². The largest absolute Gasteiger partial charge is 0.491 e.